The first-order valence-corrected chi connectivity index (χ1v) is 7.66. The lowest BCUT2D eigenvalue weighted by Crippen LogP contribution is -2.27. The van der Waals surface area contributed by atoms with Gasteiger partial charge in [-0.1, -0.05) is 50.6 Å². The predicted octanol–water partition coefficient (Wildman–Crippen LogP) is 4.59. The first kappa shape index (κ1) is 17.2. The summed E-state index contributed by atoms with van der Waals surface area (Å²) in [6.45, 7) is 6.97. The van der Waals surface area contributed by atoms with Crippen molar-refractivity contribution in [3.63, 3.8) is 0 Å². The number of para-hydroxylation sites is 1. The van der Waals surface area contributed by atoms with Gasteiger partial charge in [-0.3, -0.25) is 9.59 Å². The largest absolute Gasteiger partial charge is 0.325 e. The predicted molar refractivity (Wildman–Crippen MR) is 92.8 cm³/mol. The Kier molecular flexibility index (Phi) is 4.85. The lowest BCUT2D eigenvalue weighted by molar-refractivity contribution is -0.123. The molecule has 0 aliphatic heterocycles. The van der Waals surface area contributed by atoms with E-state index in [4.69, 9.17) is 11.6 Å². The number of hydrogen-bond acceptors (Lipinski definition) is 3. The van der Waals surface area contributed by atoms with E-state index in [0.29, 0.717) is 16.8 Å². The van der Waals surface area contributed by atoms with Crippen molar-refractivity contribution in [3.05, 3.63) is 47.2 Å². The molecule has 2 rings (SSSR count). The number of rotatable bonds is 3. The van der Waals surface area contributed by atoms with Gasteiger partial charge < -0.3 is 5.32 Å². The molecule has 5 heteroatoms. The summed E-state index contributed by atoms with van der Waals surface area (Å²) in [7, 11) is 0. The van der Waals surface area contributed by atoms with Gasteiger partial charge in [0.15, 0.2) is 5.78 Å². The number of anilines is 1. The molecular formula is C18H19ClN2O2. The summed E-state index contributed by atoms with van der Waals surface area (Å²) in [5.41, 5.74) is 1.86. The summed E-state index contributed by atoms with van der Waals surface area (Å²) in [4.78, 5) is 28.2. The van der Waals surface area contributed by atoms with Crippen LogP contribution in [-0.4, -0.2) is 16.7 Å². The van der Waals surface area contributed by atoms with Crippen molar-refractivity contribution < 1.29 is 9.59 Å². The van der Waals surface area contributed by atoms with Crippen molar-refractivity contribution in [2.24, 2.45) is 5.41 Å². The highest BCUT2D eigenvalue weighted by molar-refractivity contribution is 6.33. The summed E-state index contributed by atoms with van der Waals surface area (Å²) in [6, 6.07) is 9.05. The van der Waals surface area contributed by atoms with Gasteiger partial charge in [-0.15, -0.1) is 0 Å². The molecule has 0 atom stereocenters. The third kappa shape index (κ3) is 3.77. The normalized spacial score (nSPS) is 11.2. The minimum atomic E-state index is -0.521. The Morgan fingerprint density at radius 2 is 1.74 bits per heavy atom. The Morgan fingerprint density at radius 1 is 1.09 bits per heavy atom. The molecule has 120 valence electrons. The maximum atomic E-state index is 12.3. The van der Waals surface area contributed by atoms with Crippen molar-refractivity contribution in [2.75, 3.05) is 5.32 Å². The van der Waals surface area contributed by atoms with Gasteiger partial charge in [-0.2, -0.15) is 0 Å². The second-order valence-corrected chi connectivity index (χ2v) is 6.69. The molecule has 0 bridgehead atoms. The molecule has 0 saturated heterocycles. The van der Waals surface area contributed by atoms with Crippen molar-refractivity contribution in [3.8, 4) is 11.1 Å². The average molecular weight is 331 g/mol. The highest BCUT2D eigenvalue weighted by Gasteiger charge is 2.23. The van der Waals surface area contributed by atoms with Crippen molar-refractivity contribution in [1.82, 2.24) is 4.98 Å². The number of nitrogens with one attached hydrogen (secondary N) is 1. The molecule has 0 aliphatic carbocycles. The molecule has 0 aliphatic rings. The van der Waals surface area contributed by atoms with Crippen LogP contribution in [0.4, 0.5) is 5.69 Å². The molecule has 0 spiro atoms. The van der Waals surface area contributed by atoms with Crippen LogP contribution in [0.25, 0.3) is 11.1 Å². The zero-order valence-corrected chi connectivity index (χ0v) is 14.4. The van der Waals surface area contributed by atoms with Gasteiger partial charge in [-0.25, -0.2) is 4.98 Å². The third-order valence-electron chi connectivity index (χ3n) is 3.40. The van der Waals surface area contributed by atoms with Crippen LogP contribution >= 0.6 is 11.6 Å². The first-order valence-electron chi connectivity index (χ1n) is 7.28. The van der Waals surface area contributed by atoms with E-state index in [9.17, 15) is 9.59 Å². The topological polar surface area (TPSA) is 59.1 Å². The SMILES string of the molecule is CC(=O)c1c(-c2ccccc2NC(=O)C(C)(C)C)ccnc1Cl. The molecule has 0 fully saturated rings. The molecule has 23 heavy (non-hydrogen) atoms. The van der Waals surface area contributed by atoms with Crippen molar-refractivity contribution in [1.29, 1.82) is 0 Å². The first-order chi connectivity index (χ1) is 10.7. The lowest BCUT2D eigenvalue weighted by atomic mass is 9.94. The van der Waals surface area contributed by atoms with Crippen LogP contribution in [0.3, 0.4) is 0 Å². The van der Waals surface area contributed by atoms with Gasteiger partial charge in [-0.05, 0) is 24.6 Å². The zero-order valence-electron chi connectivity index (χ0n) is 13.6. The van der Waals surface area contributed by atoms with E-state index in [1.807, 2.05) is 39.0 Å². The fourth-order valence-electron chi connectivity index (χ4n) is 2.13. The van der Waals surface area contributed by atoms with Gasteiger partial charge in [0.25, 0.3) is 0 Å². The summed E-state index contributed by atoms with van der Waals surface area (Å²) in [5, 5.41) is 3.08. The number of halogens is 1. The van der Waals surface area contributed by atoms with Gasteiger partial charge in [0.1, 0.15) is 5.15 Å². The van der Waals surface area contributed by atoms with E-state index < -0.39 is 5.41 Å². The third-order valence-corrected chi connectivity index (χ3v) is 3.69. The molecule has 1 aromatic carbocycles. The summed E-state index contributed by atoms with van der Waals surface area (Å²) in [6.07, 6.45) is 1.55. The fourth-order valence-corrected chi connectivity index (χ4v) is 2.42. The lowest BCUT2D eigenvalue weighted by Gasteiger charge is -2.20. The highest BCUT2D eigenvalue weighted by Crippen LogP contribution is 2.34. The van der Waals surface area contributed by atoms with E-state index >= 15 is 0 Å². The van der Waals surface area contributed by atoms with E-state index in [2.05, 4.69) is 10.3 Å². The van der Waals surface area contributed by atoms with Gasteiger partial charge in [0, 0.05) is 22.9 Å². The quantitative estimate of drug-likeness (QED) is 0.661. The Hall–Kier alpha value is -2.20. The number of ketones is 1. The van der Waals surface area contributed by atoms with Gasteiger partial charge in [0.2, 0.25) is 5.91 Å². The van der Waals surface area contributed by atoms with Gasteiger partial charge in [0.05, 0.1) is 5.56 Å². The molecule has 0 radical (unpaired) electrons. The standard InChI is InChI=1S/C18H19ClN2O2/c1-11(22)15-13(9-10-20-16(15)19)12-7-5-6-8-14(12)21-17(23)18(2,3)4/h5-10H,1-4H3,(H,21,23). The minimum Gasteiger partial charge on any atom is -0.325 e. The molecule has 1 heterocycles. The van der Waals surface area contributed by atoms with Crippen molar-refractivity contribution >= 4 is 29.0 Å². The number of pyridine rings is 1. The van der Waals surface area contributed by atoms with E-state index in [0.717, 1.165) is 5.56 Å². The van der Waals surface area contributed by atoms with Crippen LogP contribution in [0.2, 0.25) is 5.15 Å². The Morgan fingerprint density at radius 3 is 2.35 bits per heavy atom. The molecule has 1 aromatic heterocycles. The minimum absolute atomic E-state index is 0.102. The van der Waals surface area contributed by atoms with Crippen LogP contribution in [0.5, 0.6) is 0 Å². The van der Waals surface area contributed by atoms with Crippen LogP contribution in [0.1, 0.15) is 38.1 Å². The summed E-state index contributed by atoms with van der Waals surface area (Å²) >= 11 is 6.09. The Bertz CT molecular complexity index is 764. The van der Waals surface area contributed by atoms with E-state index in [1.54, 1.807) is 18.3 Å². The molecule has 1 N–H and O–H groups in total. The number of aromatic nitrogens is 1. The number of amides is 1. The van der Waals surface area contributed by atoms with Gasteiger partial charge >= 0.3 is 0 Å². The summed E-state index contributed by atoms with van der Waals surface area (Å²) < 4.78 is 0. The fraction of sp³-hybridized carbons (Fsp3) is 0.278. The van der Waals surface area contributed by atoms with Crippen LogP contribution < -0.4 is 5.32 Å². The molecule has 1 amide bonds. The maximum absolute atomic E-state index is 12.3. The molecular weight excluding hydrogens is 312 g/mol. The highest BCUT2D eigenvalue weighted by atomic mass is 35.5. The number of carbonyl (C=O) groups excluding carboxylic acids is 2. The molecule has 0 saturated carbocycles. The Balaban J connectivity index is 2.57. The number of benzene rings is 1. The number of hydrogen-bond donors (Lipinski definition) is 1. The van der Waals surface area contributed by atoms with Crippen LogP contribution in [-0.2, 0) is 4.79 Å². The van der Waals surface area contributed by atoms with Crippen LogP contribution in [0.15, 0.2) is 36.5 Å². The zero-order chi connectivity index (χ0) is 17.2. The monoisotopic (exact) mass is 330 g/mol. The second-order valence-electron chi connectivity index (χ2n) is 6.33. The molecule has 2 aromatic rings. The maximum Gasteiger partial charge on any atom is 0.229 e. The number of Topliss-reactive ketones (excluding diaryl/α,β-unsaturated/α-hetero) is 1. The number of carbonyl (C=O) groups is 2. The number of nitrogens with zero attached hydrogens (tertiary/aromatic N) is 1. The average Bonchev–Trinajstić information content (AvgIpc) is 2.46. The van der Waals surface area contributed by atoms with Crippen LogP contribution in [0, 0.1) is 5.41 Å². The smallest absolute Gasteiger partial charge is 0.229 e. The Labute approximate surface area is 140 Å². The van der Waals surface area contributed by atoms with E-state index in [1.165, 1.54) is 6.92 Å². The van der Waals surface area contributed by atoms with Crippen molar-refractivity contribution in [2.45, 2.75) is 27.7 Å². The molecule has 0 unspecified atom stereocenters. The molecule has 4 nitrogen and oxygen atoms in total. The second kappa shape index (κ2) is 6.50. The summed E-state index contributed by atoms with van der Waals surface area (Å²) in [5.74, 6) is -0.274. The van der Waals surface area contributed by atoms with E-state index in [-0.39, 0.29) is 16.8 Å².